The van der Waals surface area contributed by atoms with E-state index in [1.807, 2.05) is 155 Å². The van der Waals surface area contributed by atoms with Crippen LogP contribution in [0, 0.1) is 0 Å². The molecular weight excluding hydrogens is 685 g/mol. The molecule has 0 aliphatic heterocycles. The lowest BCUT2D eigenvalue weighted by molar-refractivity contribution is 0.668. The SMILES string of the molecule is [2H]C1([2H])c2ccc(N(c3ccc(-c4ccc(N(c5ccc6c(c5)C([2H])([2H])C6([2H])[2H])c5cccc6c5oc5ccccc56)cc4)cc3)c3cccc4c3oc3ccccc34)cc2C1([2H])[2H]. The largest absolute Gasteiger partial charge is 0.454 e. The Morgan fingerprint density at radius 1 is 0.357 bits per heavy atom. The number of hydrogen-bond acceptors (Lipinski definition) is 4. The molecule has 266 valence electrons. The third-order valence-corrected chi connectivity index (χ3v) is 11.0. The molecule has 0 radical (unpaired) electrons. The van der Waals surface area contributed by atoms with Crippen LogP contribution in [0.1, 0.15) is 33.2 Å². The highest BCUT2D eigenvalue weighted by molar-refractivity contribution is 6.11. The Hall–Kier alpha value is -7.04. The number of aryl methyl sites for hydroxylation is 4. The minimum atomic E-state index is -2.15. The highest BCUT2D eigenvalue weighted by Gasteiger charge is 2.24. The first-order valence-corrected chi connectivity index (χ1v) is 18.7. The van der Waals surface area contributed by atoms with Crippen molar-refractivity contribution in [2.75, 3.05) is 9.80 Å². The first-order valence-electron chi connectivity index (χ1n) is 22.7. The van der Waals surface area contributed by atoms with Crippen LogP contribution < -0.4 is 9.80 Å². The summed E-state index contributed by atoms with van der Waals surface area (Å²) in [7, 11) is 0. The molecule has 0 bridgehead atoms. The number of nitrogens with zero attached hydrogens (tertiary/aromatic N) is 2. The number of para-hydroxylation sites is 4. The van der Waals surface area contributed by atoms with Gasteiger partial charge in [0.05, 0.1) is 11.4 Å². The summed E-state index contributed by atoms with van der Waals surface area (Å²) in [5.74, 6) is 0. The summed E-state index contributed by atoms with van der Waals surface area (Å²) >= 11 is 0. The van der Waals surface area contributed by atoms with Crippen molar-refractivity contribution in [1.29, 1.82) is 0 Å². The molecule has 2 aliphatic rings. The predicted molar refractivity (Wildman–Crippen MR) is 231 cm³/mol. The molecule has 0 saturated carbocycles. The van der Waals surface area contributed by atoms with Crippen molar-refractivity contribution in [3.8, 4) is 11.1 Å². The van der Waals surface area contributed by atoms with Crippen LogP contribution in [0.2, 0.25) is 0 Å². The minimum absolute atomic E-state index is 0.322. The monoisotopic (exact) mass is 728 g/mol. The fraction of sp³-hybridized carbons (Fsp3) is 0.0769. The quantitative estimate of drug-likeness (QED) is 0.164. The van der Waals surface area contributed by atoms with E-state index in [-0.39, 0.29) is 0 Å². The molecule has 4 nitrogen and oxygen atoms in total. The van der Waals surface area contributed by atoms with Gasteiger partial charge < -0.3 is 18.6 Å². The van der Waals surface area contributed by atoms with E-state index in [9.17, 15) is 0 Å². The van der Waals surface area contributed by atoms with Gasteiger partial charge in [-0.2, -0.15) is 0 Å². The van der Waals surface area contributed by atoms with Gasteiger partial charge in [0.15, 0.2) is 11.2 Å². The van der Waals surface area contributed by atoms with E-state index in [2.05, 4.69) is 0 Å². The lowest BCUT2D eigenvalue weighted by atomic mass is 9.88. The standard InChI is InChI=1S/C52H36N2O2/c1-3-13-49-43(7-1)45-9-5-11-47(51(45)55-49)53(41-29-23-35-15-17-37(35)31-41)39-25-19-33(20-26-39)34-21-27-40(28-22-34)54(42-30-24-36-16-18-38(36)32-42)48-12-6-10-46-44-8-2-4-14-50(44)56-52(46)48/h1-14,19-32H,15-18H2/i15D2,16D2,17D2,18D2. The molecular formula is C52H36N2O2. The average Bonchev–Trinajstić information content (AvgIpc) is 3.89. The molecule has 2 heterocycles. The molecule has 0 N–H and O–H groups in total. The van der Waals surface area contributed by atoms with Gasteiger partial charge in [-0.3, -0.25) is 0 Å². The van der Waals surface area contributed by atoms with Gasteiger partial charge in [0.1, 0.15) is 11.2 Å². The Morgan fingerprint density at radius 3 is 1.21 bits per heavy atom. The van der Waals surface area contributed by atoms with Crippen LogP contribution in [-0.4, -0.2) is 0 Å². The predicted octanol–water partition coefficient (Wildman–Crippen LogP) is 14.3. The number of hydrogen-bond donors (Lipinski definition) is 0. The van der Waals surface area contributed by atoms with Crippen molar-refractivity contribution in [3.05, 3.63) is 192 Å². The fourth-order valence-electron chi connectivity index (χ4n) is 8.19. The zero-order valence-corrected chi connectivity index (χ0v) is 29.9. The highest BCUT2D eigenvalue weighted by Crippen LogP contribution is 2.46. The van der Waals surface area contributed by atoms with Crippen molar-refractivity contribution in [2.45, 2.75) is 25.5 Å². The van der Waals surface area contributed by atoms with Gasteiger partial charge in [-0.15, -0.1) is 0 Å². The van der Waals surface area contributed by atoms with Crippen LogP contribution in [0.3, 0.4) is 0 Å². The van der Waals surface area contributed by atoms with E-state index < -0.39 is 25.5 Å². The molecule has 0 amide bonds. The first kappa shape index (κ1) is 24.4. The van der Waals surface area contributed by atoms with E-state index in [1.165, 1.54) is 0 Å². The Kier molecular flexibility index (Phi) is 5.33. The van der Waals surface area contributed by atoms with Gasteiger partial charge in [0, 0.05) is 55.3 Å². The molecule has 10 aromatic rings. The third kappa shape index (κ3) is 4.85. The molecule has 56 heavy (non-hydrogen) atoms. The van der Waals surface area contributed by atoms with Gasteiger partial charge >= 0.3 is 0 Å². The zero-order chi connectivity index (χ0) is 43.9. The van der Waals surface area contributed by atoms with Gasteiger partial charge in [0.2, 0.25) is 0 Å². The zero-order valence-electron chi connectivity index (χ0n) is 37.9. The van der Waals surface area contributed by atoms with E-state index in [0.717, 1.165) is 66.6 Å². The van der Waals surface area contributed by atoms with E-state index in [1.54, 1.807) is 24.3 Å². The molecule has 4 heteroatoms. The molecule has 0 unspecified atom stereocenters. The van der Waals surface area contributed by atoms with Crippen LogP contribution in [-0.2, 0) is 25.5 Å². The number of furan rings is 2. The third-order valence-electron chi connectivity index (χ3n) is 11.0. The second-order valence-electron chi connectivity index (χ2n) is 14.2. The maximum absolute atomic E-state index is 8.59. The first-order chi connectivity index (χ1) is 30.8. The molecule has 12 rings (SSSR count). The van der Waals surface area contributed by atoms with Crippen LogP contribution in [0.4, 0.5) is 34.1 Å². The maximum Gasteiger partial charge on any atom is 0.159 e. The molecule has 0 spiro atoms. The minimum Gasteiger partial charge on any atom is -0.454 e. The smallest absolute Gasteiger partial charge is 0.159 e. The second kappa shape index (κ2) is 12.2. The topological polar surface area (TPSA) is 32.8 Å². The molecule has 2 aliphatic carbocycles. The summed E-state index contributed by atoms with van der Waals surface area (Å²) in [6.45, 7) is 0. The normalized spacial score (nSPS) is 18.8. The van der Waals surface area contributed by atoms with Crippen molar-refractivity contribution in [1.82, 2.24) is 0 Å². The number of rotatable bonds is 7. The van der Waals surface area contributed by atoms with Gasteiger partial charge in [0.25, 0.3) is 0 Å². The average molecular weight is 729 g/mol. The van der Waals surface area contributed by atoms with Crippen molar-refractivity contribution < 1.29 is 19.8 Å². The fourth-order valence-corrected chi connectivity index (χ4v) is 8.19. The van der Waals surface area contributed by atoms with Crippen LogP contribution in [0.5, 0.6) is 0 Å². The Balaban J connectivity index is 0.950. The van der Waals surface area contributed by atoms with E-state index in [0.29, 0.717) is 44.8 Å². The number of fused-ring (bicyclic) bond motifs is 8. The summed E-state index contributed by atoms with van der Waals surface area (Å²) in [6, 6.07) is 54.5. The van der Waals surface area contributed by atoms with Crippen molar-refractivity contribution >= 4 is 78.0 Å². The Labute approximate surface area is 335 Å². The van der Waals surface area contributed by atoms with Crippen LogP contribution >= 0.6 is 0 Å². The van der Waals surface area contributed by atoms with Crippen LogP contribution in [0.15, 0.2) is 179 Å². The molecule has 0 fully saturated rings. The molecule has 0 atom stereocenters. The summed E-state index contributed by atoms with van der Waals surface area (Å²) < 4.78 is 80.9. The molecule has 8 aromatic carbocycles. The summed E-state index contributed by atoms with van der Waals surface area (Å²) in [5.41, 5.74) is 10.5. The molecule has 0 saturated heterocycles. The lowest BCUT2D eigenvalue weighted by Gasteiger charge is -2.29. The maximum atomic E-state index is 8.59. The van der Waals surface area contributed by atoms with Gasteiger partial charge in [-0.25, -0.2) is 0 Å². The van der Waals surface area contributed by atoms with Crippen LogP contribution in [0.25, 0.3) is 55.0 Å². The van der Waals surface area contributed by atoms with E-state index >= 15 is 0 Å². The lowest BCUT2D eigenvalue weighted by Crippen LogP contribution is -2.14. The molecule has 2 aromatic heterocycles. The van der Waals surface area contributed by atoms with Gasteiger partial charge in [-0.1, -0.05) is 97.1 Å². The summed E-state index contributed by atoms with van der Waals surface area (Å²) in [4.78, 5) is 4.06. The second-order valence-corrected chi connectivity index (χ2v) is 14.2. The Bertz CT molecular complexity index is 3310. The number of anilines is 6. The van der Waals surface area contributed by atoms with Crippen molar-refractivity contribution in [3.63, 3.8) is 0 Å². The van der Waals surface area contributed by atoms with Gasteiger partial charge in [-0.05, 0) is 132 Å². The summed E-state index contributed by atoms with van der Waals surface area (Å²) in [5, 5.41) is 3.86. The Morgan fingerprint density at radius 2 is 0.750 bits per heavy atom. The highest BCUT2D eigenvalue weighted by atomic mass is 16.3. The summed E-state index contributed by atoms with van der Waals surface area (Å²) in [6.07, 6.45) is -8.47. The van der Waals surface area contributed by atoms with Crippen molar-refractivity contribution in [2.24, 2.45) is 0 Å². The van der Waals surface area contributed by atoms with E-state index in [4.69, 9.17) is 19.8 Å². The number of benzene rings is 8.